The fourth-order valence-corrected chi connectivity index (χ4v) is 3.21. The monoisotopic (exact) mass is 373 g/mol. The summed E-state index contributed by atoms with van der Waals surface area (Å²) in [5.41, 5.74) is 8.86. The van der Waals surface area contributed by atoms with Gasteiger partial charge in [0.15, 0.2) is 0 Å². The van der Waals surface area contributed by atoms with E-state index in [0.717, 1.165) is 10.6 Å². The molecule has 0 aliphatic heterocycles. The van der Waals surface area contributed by atoms with Crippen LogP contribution in [-0.4, -0.2) is 22.8 Å². The maximum absolute atomic E-state index is 12.5. The lowest BCUT2D eigenvalue weighted by atomic mass is 10.1. The topological polar surface area (TPSA) is 107 Å². The van der Waals surface area contributed by atoms with Gasteiger partial charge in [0.1, 0.15) is 29.7 Å². The molecule has 0 aliphatic carbocycles. The second-order valence-electron chi connectivity index (χ2n) is 5.94. The highest BCUT2D eigenvalue weighted by molar-refractivity contribution is 7.09. The van der Waals surface area contributed by atoms with Gasteiger partial charge in [-0.1, -0.05) is 0 Å². The van der Waals surface area contributed by atoms with E-state index in [1.807, 2.05) is 6.92 Å². The zero-order chi connectivity index (χ0) is 18.8. The maximum atomic E-state index is 12.5. The van der Waals surface area contributed by atoms with Gasteiger partial charge in [0.25, 0.3) is 5.91 Å². The van der Waals surface area contributed by atoms with Crippen molar-refractivity contribution < 1.29 is 18.7 Å². The number of benzene rings is 1. The molecule has 2 heterocycles. The highest BCUT2D eigenvalue weighted by atomic mass is 32.1. The first-order valence-electron chi connectivity index (χ1n) is 8.02. The summed E-state index contributed by atoms with van der Waals surface area (Å²) in [6, 6.07) is 4.52. The van der Waals surface area contributed by atoms with E-state index in [9.17, 15) is 9.59 Å². The molecule has 0 aliphatic rings. The number of carbonyl (C=O) groups excluding carboxylic acids is 2. The van der Waals surface area contributed by atoms with Crippen LogP contribution in [0.15, 0.2) is 28.1 Å². The van der Waals surface area contributed by atoms with Crippen molar-refractivity contribution in [3.8, 4) is 5.75 Å². The van der Waals surface area contributed by atoms with Gasteiger partial charge in [0, 0.05) is 5.39 Å². The van der Waals surface area contributed by atoms with Gasteiger partial charge in [-0.25, -0.2) is 4.98 Å². The molecule has 3 N–H and O–H groups in total. The standard InChI is InChI=1S/C18H19N3O4S/c1-9-15(26-8-20-9)7-24-12-4-5-14-13(6-12)16(11(3)25-14)18(23)21-10(2)17(19)22/h4-6,8,10H,7H2,1-3H3,(H2,19,22)(H,21,23)/t10-/m0/s1. The summed E-state index contributed by atoms with van der Waals surface area (Å²) in [5, 5.41) is 3.20. The molecule has 8 heteroatoms. The Balaban J connectivity index is 1.87. The number of hydrogen-bond acceptors (Lipinski definition) is 6. The van der Waals surface area contributed by atoms with Crippen LogP contribution >= 0.6 is 11.3 Å². The van der Waals surface area contributed by atoms with E-state index in [-0.39, 0.29) is 0 Å². The van der Waals surface area contributed by atoms with Crippen molar-refractivity contribution >= 4 is 34.1 Å². The van der Waals surface area contributed by atoms with Crippen molar-refractivity contribution in [2.75, 3.05) is 0 Å². The number of amides is 2. The Morgan fingerprint density at radius 1 is 1.38 bits per heavy atom. The summed E-state index contributed by atoms with van der Waals surface area (Å²) >= 11 is 1.53. The predicted molar refractivity (Wildman–Crippen MR) is 98.3 cm³/mol. The van der Waals surface area contributed by atoms with E-state index >= 15 is 0 Å². The Hall–Kier alpha value is -2.87. The Morgan fingerprint density at radius 3 is 2.81 bits per heavy atom. The third-order valence-corrected chi connectivity index (χ3v) is 4.96. The second kappa shape index (κ2) is 7.17. The number of fused-ring (bicyclic) bond motifs is 1. The predicted octanol–water partition coefficient (Wildman–Crippen LogP) is 2.69. The van der Waals surface area contributed by atoms with Gasteiger partial charge in [-0.2, -0.15) is 0 Å². The molecule has 0 fully saturated rings. The summed E-state index contributed by atoms with van der Waals surface area (Å²) < 4.78 is 11.5. The van der Waals surface area contributed by atoms with Crippen molar-refractivity contribution in [2.45, 2.75) is 33.4 Å². The van der Waals surface area contributed by atoms with E-state index < -0.39 is 17.9 Å². The van der Waals surface area contributed by atoms with Gasteiger partial charge in [-0.05, 0) is 39.0 Å². The number of carbonyl (C=O) groups is 2. The normalized spacial score (nSPS) is 12.1. The van der Waals surface area contributed by atoms with Gasteiger partial charge in [0.2, 0.25) is 5.91 Å². The molecule has 2 amide bonds. The number of ether oxygens (including phenoxy) is 1. The van der Waals surface area contributed by atoms with Crippen molar-refractivity contribution in [2.24, 2.45) is 5.73 Å². The Kier molecular flexibility index (Phi) is 4.94. The zero-order valence-electron chi connectivity index (χ0n) is 14.7. The van der Waals surface area contributed by atoms with Gasteiger partial charge in [-0.15, -0.1) is 11.3 Å². The molecule has 7 nitrogen and oxygen atoms in total. The molecule has 1 atom stereocenters. The molecule has 0 spiro atoms. The molecule has 3 aromatic rings. The molecule has 1 aromatic carbocycles. The van der Waals surface area contributed by atoms with Crippen molar-refractivity contribution in [3.63, 3.8) is 0 Å². The fourth-order valence-electron chi connectivity index (χ4n) is 2.52. The molecule has 0 radical (unpaired) electrons. The number of nitrogens with two attached hydrogens (primary N) is 1. The summed E-state index contributed by atoms with van der Waals surface area (Å²) in [6.07, 6.45) is 0. The highest BCUT2D eigenvalue weighted by Crippen LogP contribution is 2.30. The Bertz CT molecular complexity index is 976. The molecular formula is C18H19N3O4S. The van der Waals surface area contributed by atoms with E-state index in [1.165, 1.54) is 18.3 Å². The highest BCUT2D eigenvalue weighted by Gasteiger charge is 2.21. The van der Waals surface area contributed by atoms with Crippen LogP contribution in [-0.2, 0) is 11.4 Å². The lowest BCUT2D eigenvalue weighted by Crippen LogP contribution is -2.42. The SMILES string of the molecule is Cc1ncsc1COc1ccc2oc(C)c(C(=O)N[C@@H](C)C(N)=O)c2c1. The van der Waals surface area contributed by atoms with Crippen LogP contribution in [0, 0.1) is 13.8 Å². The number of hydrogen-bond donors (Lipinski definition) is 2. The molecule has 3 rings (SSSR count). The number of aromatic nitrogens is 1. The van der Waals surface area contributed by atoms with Crippen LogP contribution in [0.3, 0.4) is 0 Å². The first-order valence-corrected chi connectivity index (χ1v) is 8.90. The third kappa shape index (κ3) is 3.55. The first kappa shape index (κ1) is 17.9. The Labute approximate surface area is 154 Å². The molecule has 136 valence electrons. The zero-order valence-corrected chi connectivity index (χ0v) is 15.5. The largest absolute Gasteiger partial charge is 0.488 e. The van der Waals surface area contributed by atoms with Crippen molar-refractivity contribution in [3.05, 3.63) is 45.6 Å². The van der Waals surface area contributed by atoms with Crippen LogP contribution in [0.1, 0.15) is 33.6 Å². The lowest BCUT2D eigenvalue weighted by Gasteiger charge is -2.10. The number of nitrogens with one attached hydrogen (secondary N) is 1. The van der Waals surface area contributed by atoms with Gasteiger partial charge in [0.05, 0.1) is 21.6 Å². The van der Waals surface area contributed by atoms with Crippen LogP contribution in [0.5, 0.6) is 5.75 Å². The number of nitrogens with zero attached hydrogens (tertiary/aromatic N) is 1. The summed E-state index contributed by atoms with van der Waals surface area (Å²) in [6.45, 7) is 5.56. The minimum Gasteiger partial charge on any atom is -0.488 e. The van der Waals surface area contributed by atoms with Gasteiger partial charge in [-0.3, -0.25) is 9.59 Å². The molecule has 0 saturated heterocycles. The Morgan fingerprint density at radius 2 is 2.15 bits per heavy atom. The number of primary amides is 1. The summed E-state index contributed by atoms with van der Waals surface area (Å²) in [7, 11) is 0. The summed E-state index contributed by atoms with van der Waals surface area (Å²) in [5.74, 6) is 0.0588. The lowest BCUT2D eigenvalue weighted by molar-refractivity contribution is -0.119. The number of aryl methyl sites for hydroxylation is 2. The van der Waals surface area contributed by atoms with E-state index in [2.05, 4.69) is 10.3 Å². The van der Waals surface area contributed by atoms with E-state index in [4.69, 9.17) is 14.9 Å². The number of rotatable bonds is 6. The average Bonchev–Trinajstić information content (AvgIpc) is 3.14. The minimum absolute atomic E-state index is 0.368. The smallest absolute Gasteiger partial charge is 0.256 e. The van der Waals surface area contributed by atoms with Crippen LogP contribution in [0.4, 0.5) is 0 Å². The maximum Gasteiger partial charge on any atom is 0.256 e. The molecule has 0 bridgehead atoms. The van der Waals surface area contributed by atoms with Crippen LogP contribution < -0.4 is 15.8 Å². The third-order valence-electron chi connectivity index (χ3n) is 4.05. The first-order chi connectivity index (χ1) is 12.4. The number of furan rings is 1. The molecular weight excluding hydrogens is 354 g/mol. The summed E-state index contributed by atoms with van der Waals surface area (Å²) in [4.78, 5) is 29.0. The minimum atomic E-state index is -0.777. The van der Waals surface area contributed by atoms with Crippen LogP contribution in [0.2, 0.25) is 0 Å². The quantitative estimate of drug-likeness (QED) is 0.691. The molecule has 0 saturated carbocycles. The molecule has 26 heavy (non-hydrogen) atoms. The van der Waals surface area contributed by atoms with Gasteiger partial charge >= 0.3 is 0 Å². The second-order valence-corrected chi connectivity index (χ2v) is 6.88. The number of thiazole rings is 1. The molecule has 2 aromatic heterocycles. The van der Waals surface area contributed by atoms with Gasteiger partial charge < -0.3 is 20.2 Å². The van der Waals surface area contributed by atoms with E-state index in [1.54, 1.807) is 30.6 Å². The van der Waals surface area contributed by atoms with Crippen molar-refractivity contribution in [1.82, 2.24) is 10.3 Å². The van der Waals surface area contributed by atoms with Crippen molar-refractivity contribution in [1.29, 1.82) is 0 Å². The van der Waals surface area contributed by atoms with Crippen LogP contribution in [0.25, 0.3) is 11.0 Å². The molecule has 0 unspecified atom stereocenters. The fraction of sp³-hybridized carbons (Fsp3) is 0.278. The van der Waals surface area contributed by atoms with E-state index in [0.29, 0.717) is 34.6 Å². The average molecular weight is 373 g/mol.